The summed E-state index contributed by atoms with van der Waals surface area (Å²) in [6.45, 7) is 2.91. The summed E-state index contributed by atoms with van der Waals surface area (Å²) in [4.78, 5) is 34.7. The first-order valence-corrected chi connectivity index (χ1v) is 22.2. The van der Waals surface area contributed by atoms with Crippen LogP contribution in [-0.2, 0) is 32.7 Å². The Bertz CT molecular complexity index is 892. The predicted octanol–water partition coefficient (Wildman–Crippen LogP) is 11.6. The third-order valence-corrected chi connectivity index (χ3v) is 9.77. The van der Waals surface area contributed by atoms with E-state index in [0.29, 0.717) is 12.8 Å². The van der Waals surface area contributed by atoms with Crippen LogP contribution in [0.1, 0.15) is 194 Å². The van der Waals surface area contributed by atoms with E-state index in [0.717, 1.165) is 64.2 Å². The molecule has 300 valence electrons. The van der Waals surface area contributed by atoms with Crippen LogP contribution in [0.15, 0.2) is 24.3 Å². The molecule has 0 aliphatic rings. The monoisotopic (exact) mass is 745 g/mol. The number of rotatable bonds is 39. The van der Waals surface area contributed by atoms with E-state index in [9.17, 15) is 19.0 Å². The van der Waals surface area contributed by atoms with Gasteiger partial charge in [-0.3, -0.25) is 18.6 Å². The Labute approximate surface area is 312 Å². The molecule has 0 heterocycles. The molecule has 0 aromatic rings. The van der Waals surface area contributed by atoms with Crippen LogP contribution < -0.4 is 0 Å². The highest BCUT2D eigenvalue weighted by Crippen LogP contribution is 2.43. The molecule has 0 bridgehead atoms. The number of aliphatic hydroxyl groups excluding tert-OH is 1. The second-order valence-electron chi connectivity index (χ2n) is 13.8. The number of esters is 2. The lowest BCUT2D eigenvalue weighted by atomic mass is 10.1. The van der Waals surface area contributed by atoms with E-state index in [1.165, 1.54) is 89.9 Å². The van der Waals surface area contributed by atoms with E-state index >= 15 is 0 Å². The van der Waals surface area contributed by atoms with Gasteiger partial charge in [0.15, 0.2) is 6.10 Å². The van der Waals surface area contributed by atoms with Crippen LogP contribution >= 0.6 is 7.82 Å². The van der Waals surface area contributed by atoms with Crippen LogP contribution in [0.4, 0.5) is 0 Å². The highest BCUT2D eigenvalue weighted by atomic mass is 31.2. The van der Waals surface area contributed by atoms with Crippen molar-refractivity contribution < 1.29 is 42.7 Å². The van der Waals surface area contributed by atoms with Crippen molar-refractivity contribution in [2.45, 2.75) is 200 Å². The van der Waals surface area contributed by atoms with Gasteiger partial charge in [0.1, 0.15) is 6.61 Å². The van der Waals surface area contributed by atoms with Crippen molar-refractivity contribution in [2.24, 2.45) is 0 Å². The Kier molecular flexibility index (Phi) is 37.1. The minimum atomic E-state index is -4.45. The van der Waals surface area contributed by atoms with Gasteiger partial charge in [-0.1, -0.05) is 141 Å². The van der Waals surface area contributed by atoms with Crippen LogP contribution in [0.5, 0.6) is 0 Å². The van der Waals surface area contributed by atoms with Crippen molar-refractivity contribution in [3.63, 3.8) is 0 Å². The van der Waals surface area contributed by atoms with Crippen molar-refractivity contribution >= 4 is 19.8 Å². The fourth-order valence-electron chi connectivity index (χ4n) is 5.67. The highest BCUT2D eigenvalue weighted by Gasteiger charge is 2.26. The van der Waals surface area contributed by atoms with E-state index in [1.807, 2.05) is 0 Å². The molecule has 1 unspecified atom stereocenters. The van der Waals surface area contributed by atoms with Gasteiger partial charge < -0.3 is 19.5 Å². The summed E-state index contributed by atoms with van der Waals surface area (Å²) in [5, 5.41) is 8.86. The van der Waals surface area contributed by atoms with Crippen LogP contribution in [0.3, 0.4) is 0 Å². The molecule has 0 aromatic heterocycles. The lowest BCUT2D eigenvalue weighted by Crippen LogP contribution is -2.29. The smallest absolute Gasteiger partial charge is 0.462 e. The molecule has 51 heavy (non-hydrogen) atoms. The number of aliphatic hydroxyl groups is 1. The summed E-state index contributed by atoms with van der Waals surface area (Å²) in [5.74, 6) is -0.881. The van der Waals surface area contributed by atoms with Gasteiger partial charge in [-0.2, -0.15) is 0 Å². The molecule has 0 rings (SSSR count). The number of allylic oxidation sites excluding steroid dienone is 4. The summed E-state index contributed by atoms with van der Waals surface area (Å²) >= 11 is 0. The molecule has 0 fully saturated rings. The maximum absolute atomic E-state index is 12.5. The fourth-order valence-corrected chi connectivity index (χ4v) is 6.41. The van der Waals surface area contributed by atoms with Gasteiger partial charge in [0.05, 0.1) is 19.8 Å². The molecule has 0 aromatic carbocycles. The van der Waals surface area contributed by atoms with Gasteiger partial charge in [0, 0.05) is 12.8 Å². The summed E-state index contributed by atoms with van der Waals surface area (Å²) in [6.07, 6.45) is 38.9. The lowest BCUT2D eigenvalue weighted by molar-refractivity contribution is -0.161. The van der Waals surface area contributed by atoms with Crippen LogP contribution in [0.25, 0.3) is 0 Å². The standard InChI is InChI=1S/C41H77O9P/c1-3-5-7-9-11-13-15-17-19-21-23-25-27-29-31-33-40(43)47-37-39(38-49-51(45,46)48-36-35-42)50-41(44)34-32-30-28-26-24-22-20-18-16-14-12-10-8-6-4-2/h17-20,39,42H,3-16,21-38H2,1-2H3,(H,45,46)/b19-17-,20-18-/t39-/m1/s1. The zero-order valence-electron chi connectivity index (χ0n) is 32.7. The first kappa shape index (κ1) is 49.5. The van der Waals surface area contributed by atoms with Gasteiger partial charge in [-0.05, 0) is 64.2 Å². The molecular formula is C41H77O9P. The number of hydrogen-bond donors (Lipinski definition) is 2. The van der Waals surface area contributed by atoms with Gasteiger partial charge in [-0.15, -0.1) is 0 Å². The molecule has 0 radical (unpaired) electrons. The third-order valence-electron chi connectivity index (χ3n) is 8.78. The van der Waals surface area contributed by atoms with Gasteiger partial charge in [0.2, 0.25) is 0 Å². The average molecular weight is 745 g/mol. The SMILES string of the molecule is CCCCCCCC/C=C\CCCCCCCC(=O)OC[C@H](COP(=O)(O)OCCO)OC(=O)CCCCCCC/C=C\CCCCCCCC. The average Bonchev–Trinajstić information content (AvgIpc) is 3.11. The van der Waals surface area contributed by atoms with Crippen molar-refractivity contribution in [2.75, 3.05) is 26.4 Å². The Hall–Kier alpha value is -1.51. The fraction of sp³-hybridized carbons (Fsp3) is 0.854. The number of unbranched alkanes of at least 4 members (excludes halogenated alkanes) is 22. The van der Waals surface area contributed by atoms with Crippen molar-refractivity contribution in [1.29, 1.82) is 0 Å². The Morgan fingerprint density at radius 2 is 0.941 bits per heavy atom. The summed E-state index contributed by atoms with van der Waals surface area (Å²) in [5.41, 5.74) is 0. The maximum atomic E-state index is 12.5. The van der Waals surface area contributed by atoms with Crippen molar-refractivity contribution in [1.82, 2.24) is 0 Å². The maximum Gasteiger partial charge on any atom is 0.472 e. The molecule has 2 atom stereocenters. The van der Waals surface area contributed by atoms with Gasteiger partial charge in [-0.25, -0.2) is 4.57 Å². The summed E-state index contributed by atoms with van der Waals surface area (Å²) in [7, 11) is -4.45. The number of carbonyl (C=O) groups excluding carboxylic acids is 2. The minimum Gasteiger partial charge on any atom is -0.462 e. The predicted molar refractivity (Wildman–Crippen MR) is 209 cm³/mol. The first-order chi connectivity index (χ1) is 24.8. The topological polar surface area (TPSA) is 129 Å². The zero-order valence-corrected chi connectivity index (χ0v) is 33.6. The van der Waals surface area contributed by atoms with Crippen LogP contribution in [0, 0.1) is 0 Å². The normalized spacial score (nSPS) is 13.6. The van der Waals surface area contributed by atoms with E-state index in [1.54, 1.807) is 0 Å². The second kappa shape index (κ2) is 38.2. The Morgan fingerprint density at radius 1 is 0.549 bits per heavy atom. The molecule has 0 saturated carbocycles. The molecule has 10 heteroatoms. The van der Waals surface area contributed by atoms with Crippen molar-refractivity contribution in [3.8, 4) is 0 Å². The van der Waals surface area contributed by atoms with E-state index in [-0.39, 0.29) is 26.1 Å². The minimum absolute atomic E-state index is 0.204. The summed E-state index contributed by atoms with van der Waals surface area (Å²) < 4.78 is 32.4. The molecular weight excluding hydrogens is 667 g/mol. The van der Waals surface area contributed by atoms with Gasteiger partial charge in [0.25, 0.3) is 0 Å². The highest BCUT2D eigenvalue weighted by molar-refractivity contribution is 7.47. The number of ether oxygens (including phenoxy) is 2. The number of phosphoric ester groups is 1. The van der Waals surface area contributed by atoms with E-state index in [4.69, 9.17) is 19.1 Å². The molecule has 0 saturated heterocycles. The Balaban J connectivity index is 4.20. The molecule has 0 spiro atoms. The molecule has 9 nitrogen and oxygen atoms in total. The zero-order chi connectivity index (χ0) is 37.5. The molecule has 0 aliphatic carbocycles. The number of carbonyl (C=O) groups is 2. The molecule has 0 aliphatic heterocycles. The van der Waals surface area contributed by atoms with Crippen molar-refractivity contribution in [3.05, 3.63) is 24.3 Å². The first-order valence-electron chi connectivity index (χ1n) is 20.7. The summed E-state index contributed by atoms with van der Waals surface area (Å²) in [6, 6.07) is 0. The Morgan fingerprint density at radius 3 is 1.37 bits per heavy atom. The van der Waals surface area contributed by atoms with E-state index in [2.05, 4.69) is 42.7 Å². The van der Waals surface area contributed by atoms with Crippen LogP contribution in [-0.4, -0.2) is 54.5 Å². The molecule has 2 N–H and O–H groups in total. The largest absolute Gasteiger partial charge is 0.472 e. The van der Waals surface area contributed by atoms with Crippen LogP contribution in [0.2, 0.25) is 0 Å². The number of hydrogen-bond acceptors (Lipinski definition) is 8. The van der Waals surface area contributed by atoms with E-state index < -0.39 is 39.1 Å². The quantitative estimate of drug-likeness (QED) is 0.0273. The molecule has 0 amide bonds. The number of phosphoric acid groups is 1. The van der Waals surface area contributed by atoms with Gasteiger partial charge >= 0.3 is 19.8 Å². The lowest BCUT2D eigenvalue weighted by Gasteiger charge is -2.19. The second-order valence-corrected chi connectivity index (χ2v) is 15.2. The third kappa shape index (κ3) is 38.0.